The van der Waals surface area contributed by atoms with Crippen LogP contribution in [0.15, 0.2) is 21.9 Å². The minimum absolute atomic E-state index is 0.417. The molecule has 0 aliphatic carbocycles. The Morgan fingerprint density at radius 2 is 2.40 bits per heavy atom. The zero-order valence-electron chi connectivity index (χ0n) is 11.7. The molecule has 1 fully saturated rings. The summed E-state index contributed by atoms with van der Waals surface area (Å²) >= 11 is 1.61. The molecular weight excluding hydrogens is 272 g/mol. The molecule has 0 bridgehead atoms. The lowest BCUT2D eigenvalue weighted by Crippen LogP contribution is -2.48. The number of thiophene rings is 1. The molecule has 1 saturated heterocycles. The third kappa shape index (κ3) is 2.77. The molecule has 3 rings (SSSR count). The van der Waals surface area contributed by atoms with Crippen molar-refractivity contribution < 1.29 is 4.42 Å². The van der Waals surface area contributed by atoms with Gasteiger partial charge in [0.05, 0.1) is 11.4 Å². The van der Waals surface area contributed by atoms with Crippen molar-refractivity contribution in [3.05, 3.63) is 23.4 Å². The molecule has 20 heavy (non-hydrogen) atoms. The van der Waals surface area contributed by atoms with E-state index in [-0.39, 0.29) is 0 Å². The van der Waals surface area contributed by atoms with Gasteiger partial charge in [0.2, 0.25) is 5.89 Å². The minimum Gasteiger partial charge on any atom is -0.419 e. The van der Waals surface area contributed by atoms with Gasteiger partial charge in [-0.1, -0.05) is 13.0 Å². The Labute approximate surface area is 122 Å². The monoisotopic (exact) mass is 292 g/mol. The van der Waals surface area contributed by atoms with E-state index in [9.17, 15) is 0 Å². The normalized spacial score (nSPS) is 24.1. The highest BCUT2D eigenvalue weighted by Gasteiger charge is 2.28. The number of likely N-dealkylation sites (tertiary alicyclic amines) is 1. The maximum Gasteiger partial charge on any atom is 0.257 e. The summed E-state index contributed by atoms with van der Waals surface area (Å²) in [5, 5.41) is 10.3. The van der Waals surface area contributed by atoms with Crippen molar-refractivity contribution in [3.8, 4) is 10.8 Å². The van der Waals surface area contributed by atoms with Gasteiger partial charge in [0, 0.05) is 12.6 Å². The first-order valence-corrected chi connectivity index (χ1v) is 7.96. The molecule has 2 aromatic heterocycles. The van der Waals surface area contributed by atoms with Crippen LogP contribution in [0, 0.1) is 5.92 Å². The van der Waals surface area contributed by atoms with Crippen molar-refractivity contribution in [3.63, 3.8) is 0 Å². The van der Waals surface area contributed by atoms with E-state index in [1.54, 1.807) is 11.3 Å². The van der Waals surface area contributed by atoms with Gasteiger partial charge in [-0.05, 0) is 36.8 Å². The first-order valence-electron chi connectivity index (χ1n) is 7.08. The summed E-state index contributed by atoms with van der Waals surface area (Å²) in [6, 6.07) is 4.40. The molecule has 0 radical (unpaired) electrons. The highest BCUT2D eigenvalue weighted by molar-refractivity contribution is 7.13. The van der Waals surface area contributed by atoms with Gasteiger partial charge in [-0.2, -0.15) is 0 Å². The molecular formula is C14H20N4OS. The van der Waals surface area contributed by atoms with Gasteiger partial charge in [0.1, 0.15) is 0 Å². The zero-order valence-corrected chi connectivity index (χ0v) is 12.5. The van der Waals surface area contributed by atoms with Crippen LogP contribution in [0.2, 0.25) is 0 Å². The quantitative estimate of drug-likeness (QED) is 0.937. The largest absolute Gasteiger partial charge is 0.419 e. The fourth-order valence-corrected chi connectivity index (χ4v) is 3.55. The molecule has 0 saturated carbocycles. The van der Waals surface area contributed by atoms with Crippen LogP contribution >= 0.6 is 11.3 Å². The third-order valence-corrected chi connectivity index (χ3v) is 4.87. The molecule has 3 heterocycles. The van der Waals surface area contributed by atoms with Crippen LogP contribution in [-0.4, -0.2) is 34.2 Å². The van der Waals surface area contributed by atoms with Crippen LogP contribution < -0.4 is 5.73 Å². The summed E-state index contributed by atoms with van der Waals surface area (Å²) in [5.74, 6) is 1.93. The van der Waals surface area contributed by atoms with Gasteiger partial charge in [-0.25, -0.2) is 0 Å². The Bertz CT molecular complexity index is 539. The molecule has 0 amide bonds. The maximum atomic E-state index is 5.91. The average molecular weight is 292 g/mol. The Morgan fingerprint density at radius 1 is 1.50 bits per heavy atom. The molecule has 108 valence electrons. The fourth-order valence-electron chi connectivity index (χ4n) is 2.90. The molecule has 0 aromatic carbocycles. The van der Waals surface area contributed by atoms with Crippen LogP contribution in [0.3, 0.4) is 0 Å². The standard InChI is InChI=1S/C14H20N4OS/c1-10-4-2-6-18(11(10)8-15)9-13-16-17-14(19-13)12-5-3-7-20-12/h3,5,7,10-11H,2,4,6,8-9,15H2,1H3. The van der Waals surface area contributed by atoms with Crippen LogP contribution in [0.4, 0.5) is 0 Å². The van der Waals surface area contributed by atoms with E-state index in [0.717, 1.165) is 11.4 Å². The summed E-state index contributed by atoms with van der Waals surface area (Å²) < 4.78 is 5.76. The minimum atomic E-state index is 0.417. The van der Waals surface area contributed by atoms with Crippen molar-refractivity contribution in [2.24, 2.45) is 11.7 Å². The lowest BCUT2D eigenvalue weighted by Gasteiger charge is -2.38. The molecule has 2 atom stereocenters. The van der Waals surface area contributed by atoms with E-state index in [2.05, 4.69) is 22.0 Å². The lowest BCUT2D eigenvalue weighted by atomic mass is 9.91. The van der Waals surface area contributed by atoms with Crippen LogP contribution in [0.25, 0.3) is 10.8 Å². The Balaban J connectivity index is 1.71. The van der Waals surface area contributed by atoms with E-state index in [1.807, 2.05) is 17.5 Å². The van der Waals surface area contributed by atoms with E-state index < -0.39 is 0 Å². The zero-order chi connectivity index (χ0) is 13.9. The number of rotatable bonds is 4. The Hall–Kier alpha value is -1.24. The predicted octanol–water partition coefficient (Wildman–Crippen LogP) is 2.36. The third-order valence-electron chi connectivity index (χ3n) is 4.01. The van der Waals surface area contributed by atoms with E-state index >= 15 is 0 Å². The summed E-state index contributed by atoms with van der Waals surface area (Å²) in [5.41, 5.74) is 5.91. The molecule has 1 aliphatic rings. The molecule has 2 aromatic rings. The Kier molecular flexibility index (Phi) is 4.14. The fraction of sp³-hybridized carbons (Fsp3) is 0.571. The number of hydrogen-bond donors (Lipinski definition) is 1. The highest BCUT2D eigenvalue weighted by atomic mass is 32.1. The first kappa shape index (κ1) is 13.7. The van der Waals surface area contributed by atoms with Crippen LogP contribution in [0.1, 0.15) is 25.7 Å². The second-order valence-corrected chi connectivity index (χ2v) is 6.32. The average Bonchev–Trinajstić information content (AvgIpc) is 3.09. The molecule has 6 heteroatoms. The van der Waals surface area contributed by atoms with Crippen molar-refractivity contribution in [2.45, 2.75) is 32.4 Å². The van der Waals surface area contributed by atoms with Crippen molar-refractivity contribution in [1.29, 1.82) is 0 Å². The number of nitrogens with zero attached hydrogens (tertiary/aromatic N) is 3. The van der Waals surface area contributed by atoms with Gasteiger partial charge < -0.3 is 10.2 Å². The van der Waals surface area contributed by atoms with Crippen LogP contribution in [-0.2, 0) is 6.54 Å². The molecule has 2 N–H and O–H groups in total. The summed E-state index contributed by atoms with van der Waals surface area (Å²) in [6.07, 6.45) is 2.46. The lowest BCUT2D eigenvalue weighted by molar-refractivity contribution is 0.0901. The summed E-state index contributed by atoms with van der Waals surface area (Å²) in [7, 11) is 0. The molecule has 1 aliphatic heterocycles. The highest BCUT2D eigenvalue weighted by Crippen LogP contribution is 2.26. The van der Waals surface area contributed by atoms with Gasteiger partial charge in [0.15, 0.2) is 0 Å². The van der Waals surface area contributed by atoms with E-state index in [4.69, 9.17) is 10.2 Å². The Morgan fingerprint density at radius 3 is 3.15 bits per heavy atom. The smallest absolute Gasteiger partial charge is 0.257 e. The summed E-state index contributed by atoms with van der Waals surface area (Å²) in [6.45, 7) is 4.72. The SMILES string of the molecule is CC1CCCN(Cc2nnc(-c3cccs3)o2)C1CN. The second-order valence-electron chi connectivity index (χ2n) is 5.37. The number of aromatic nitrogens is 2. The number of hydrogen-bond acceptors (Lipinski definition) is 6. The summed E-state index contributed by atoms with van der Waals surface area (Å²) in [4.78, 5) is 3.39. The topological polar surface area (TPSA) is 68.2 Å². The van der Waals surface area contributed by atoms with Crippen molar-refractivity contribution in [2.75, 3.05) is 13.1 Å². The second kappa shape index (κ2) is 6.03. The maximum absolute atomic E-state index is 5.91. The molecule has 2 unspecified atom stereocenters. The van der Waals surface area contributed by atoms with Gasteiger partial charge >= 0.3 is 0 Å². The number of piperidine rings is 1. The van der Waals surface area contributed by atoms with Crippen molar-refractivity contribution >= 4 is 11.3 Å². The van der Waals surface area contributed by atoms with Crippen LogP contribution in [0.5, 0.6) is 0 Å². The molecule has 0 spiro atoms. The molecule has 5 nitrogen and oxygen atoms in total. The predicted molar refractivity (Wildman–Crippen MR) is 79.3 cm³/mol. The van der Waals surface area contributed by atoms with Gasteiger partial charge in [0.25, 0.3) is 5.89 Å². The van der Waals surface area contributed by atoms with Crippen molar-refractivity contribution in [1.82, 2.24) is 15.1 Å². The first-order chi connectivity index (χ1) is 9.78. The number of nitrogens with two attached hydrogens (primary N) is 1. The van der Waals surface area contributed by atoms with Gasteiger partial charge in [-0.15, -0.1) is 21.5 Å². The van der Waals surface area contributed by atoms with E-state index in [0.29, 0.717) is 36.8 Å². The van der Waals surface area contributed by atoms with E-state index in [1.165, 1.54) is 12.8 Å². The van der Waals surface area contributed by atoms with Gasteiger partial charge in [-0.3, -0.25) is 4.90 Å².